The second kappa shape index (κ2) is 4.62. The van der Waals surface area contributed by atoms with Gasteiger partial charge in [0.25, 0.3) is 0 Å². The van der Waals surface area contributed by atoms with E-state index < -0.39 is 0 Å². The third kappa shape index (κ3) is 2.69. The molecule has 0 aromatic carbocycles. The van der Waals surface area contributed by atoms with E-state index in [1.807, 2.05) is 18.3 Å². The molecule has 1 saturated carbocycles. The van der Waals surface area contributed by atoms with Crippen LogP contribution >= 0.6 is 0 Å². The van der Waals surface area contributed by atoms with E-state index in [-0.39, 0.29) is 6.10 Å². The summed E-state index contributed by atoms with van der Waals surface area (Å²) in [6, 6.07) is 4.41. The Morgan fingerprint density at radius 3 is 3.00 bits per heavy atom. The maximum absolute atomic E-state index is 5.72. The van der Waals surface area contributed by atoms with Crippen molar-refractivity contribution in [3.05, 3.63) is 23.9 Å². The molecule has 82 valence electrons. The molecule has 0 unspecified atom stereocenters. The monoisotopic (exact) mass is 206 g/mol. The van der Waals surface area contributed by atoms with Crippen LogP contribution in [0.1, 0.15) is 31.7 Å². The fourth-order valence-electron chi connectivity index (χ4n) is 1.83. The van der Waals surface area contributed by atoms with Crippen LogP contribution in [0.25, 0.3) is 0 Å². The van der Waals surface area contributed by atoms with Crippen LogP contribution in [-0.2, 0) is 6.42 Å². The minimum atomic E-state index is 0.282. The molecule has 2 N–H and O–H groups in total. The van der Waals surface area contributed by atoms with Crippen LogP contribution < -0.4 is 10.5 Å². The molecule has 1 aromatic heterocycles. The van der Waals surface area contributed by atoms with Crippen LogP contribution in [-0.4, -0.2) is 17.1 Å². The molecule has 0 spiro atoms. The van der Waals surface area contributed by atoms with Gasteiger partial charge in [-0.2, -0.15) is 0 Å². The quantitative estimate of drug-likeness (QED) is 0.818. The van der Waals surface area contributed by atoms with Crippen LogP contribution in [0.4, 0.5) is 0 Å². The van der Waals surface area contributed by atoms with E-state index in [1.54, 1.807) is 0 Å². The lowest BCUT2D eigenvalue weighted by Crippen LogP contribution is -2.43. The molecule has 0 aliphatic heterocycles. The minimum absolute atomic E-state index is 0.282. The number of hydrogen-bond acceptors (Lipinski definition) is 3. The molecule has 0 amide bonds. The predicted octanol–water partition coefficient (Wildman–Crippen LogP) is 1.90. The average Bonchev–Trinajstić information content (AvgIpc) is 2.17. The maximum Gasteiger partial charge on any atom is 0.213 e. The van der Waals surface area contributed by atoms with Crippen LogP contribution in [0.15, 0.2) is 18.3 Å². The third-order valence-corrected chi connectivity index (χ3v) is 2.76. The highest BCUT2D eigenvalue weighted by molar-refractivity contribution is 5.21. The average molecular weight is 206 g/mol. The van der Waals surface area contributed by atoms with E-state index >= 15 is 0 Å². The highest BCUT2D eigenvalue weighted by Gasteiger charge is 2.27. The van der Waals surface area contributed by atoms with Gasteiger partial charge in [0, 0.05) is 18.3 Å². The molecule has 2 rings (SSSR count). The van der Waals surface area contributed by atoms with Gasteiger partial charge < -0.3 is 10.5 Å². The zero-order valence-electron chi connectivity index (χ0n) is 9.15. The Balaban J connectivity index is 1.93. The number of pyridine rings is 1. The molecule has 0 bridgehead atoms. The zero-order chi connectivity index (χ0) is 10.7. The Bertz CT molecular complexity index is 321. The van der Waals surface area contributed by atoms with Gasteiger partial charge >= 0.3 is 0 Å². The molecule has 3 nitrogen and oxygen atoms in total. The number of rotatable bonds is 4. The molecule has 1 aliphatic carbocycles. The lowest BCUT2D eigenvalue weighted by Gasteiger charge is -2.32. The first-order valence-electron chi connectivity index (χ1n) is 5.65. The van der Waals surface area contributed by atoms with Crippen LogP contribution in [0.3, 0.4) is 0 Å². The van der Waals surface area contributed by atoms with E-state index in [0.29, 0.717) is 6.04 Å². The summed E-state index contributed by atoms with van der Waals surface area (Å²) >= 11 is 0. The van der Waals surface area contributed by atoms with Crippen molar-refractivity contribution in [3.8, 4) is 5.88 Å². The zero-order valence-corrected chi connectivity index (χ0v) is 9.15. The number of ether oxygens (including phenoxy) is 1. The van der Waals surface area contributed by atoms with Crippen molar-refractivity contribution in [2.24, 2.45) is 5.73 Å². The van der Waals surface area contributed by atoms with Crippen molar-refractivity contribution in [2.45, 2.75) is 44.8 Å². The van der Waals surface area contributed by atoms with E-state index in [2.05, 4.69) is 11.9 Å². The molecule has 15 heavy (non-hydrogen) atoms. The van der Waals surface area contributed by atoms with E-state index in [1.165, 1.54) is 5.56 Å². The van der Waals surface area contributed by atoms with E-state index in [0.717, 1.165) is 31.6 Å². The third-order valence-electron chi connectivity index (χ3n) is 2.76. The van der Waals surface area contributed by atoms with Gasteiger partial charge in [-0.05, 0) is 30.9 Å². The molecule has 1 aliphatic rings. The first-order chi connectivity index (χ1) is 7.28. The lowest BCUT2D eigenvalue weighted by molar-refractivity contribution is 0.0957. The number of nitrogens with zero attached hydrogens (tertiary/aromatic N) is 1. The van der Waals surface area contributed by atoms with Crippen molar-refractivity contribution in [1.82, 2.24) is 4.98 Å². The Hall–Kier alpha value is -1.09. The summed E-state index contributed by atoms with van der Waals surface area (Å²) in [5.74, 6) is 0.748. The smallest absolute Gasteiger partial charge is 0.213 e. The van der Waals surface area contributed by atoms with Crippen molar-refractivity contribution < 1.29 is 4.74 Å². The Morgan fingerprint density at radius 1 is 1.53 bits per heavy atom. The first-order valence-corrected chi connectivity index (χ1v) is 5.65. The van der Waals surface area contributed by atoms with Gasteiger partial charge in [-0.25, -0.2) is 4.98 Å². The SMILES string of the molecule is CCCc1ccnc(O[C@H]2C[C@H](N)C2)c1. The molecule has 1 fully saturated rings. The van der Waals surface area contributed by atoms with E-state index in [4.69, 9.17) is 10.5 Å². The maximum atomic E-state index is 5.72. The van der Waals surface area contributed by atoms with Gasteiger partial charge in [0.15, 0.2) is 0 Å². The van der Waals surface area contributed by atoms with Crippen molar-refractivity contribution >= 4 is 0 Å². The van der Waals surface area contributed by atoms with Crippen LogP contribution in [0.2, 0.25) is 0 Å². The normalized spacial score (nSPS) is 24.7. The van der Waals surface area contributed by atoms with Gasteiger partial charge in [-0.1, -0.05) is 13.3 Å². The summed E-state index contributed by atoms with van der Waals surface area (Å²) in [6.07, 6.45) is 6.25. The van der Waals surface area contributed by atoms with Crippen molar-refractivity contribution in [1.29, 1.82) is 0 Å². The number of aromatic nitrogens is 1. The van der Waals surface area contributed by atoms with Crippen LogP contribution in [0, 0.1) is 0 Å². The second-order valence-corrected chi connectivity index (χ2v) is 4.22. The molecule has 0 saturated heterocycles. The summed E-state index contributed by atoms with van der Waals surface area (Å²) < 4.78 is 5.72. The lowest BCUT2D eigenvalue weighted by atomic mass is 9.90. The number of hydrogen-bond donors (Lipinski definition) is 1. The fourth-order valence-corrected chi connectivity index (χ4v) is 1.83. The topological polar surface area (TPSA) is 48.1 Å². The number of aryl methyl sites for hydroxylation is 1. The Morgan fingerprint density at radius 2 is 2.33 bits per heavy atom. The molecule has 1 heterocycles. The molecular formula is C12H18N2O. The Kier molecular flexibility index (Phi) is 3.21. The molecular weight excluding hydrogens is 188 g/mol. The minimum Gasteiger partial charge on any atom is -0.474 e. The van der Waals surface area contributed by atoms with Gasteiger partial charge in [-0.3, -0.25) is 0 Å². The van der Waals surface area contributed by atoms with Gasteiger partial charge in [0.05, 0.1) is 0 Å². The predicted molar refractivity (Wildman–Crippen MR) is 59.9 cm³/mol. The standard InChI is InChI=1S/C12H18N2O/c1-2-3-9-4-5-14-12(6-9)15-11-7-10(13)8-11/h4-6,10-11H,2-3,7-8,13H2,1H3/t10-,11-. The van der Waals surface area contributed by atoms with E-state index in [9.17, 15) is 0 Å². The summed E-state index contributed by atoms with van der Waals surface area (Å²) in [5.41, 5.74) is 7.00. The largest absolute Gasteiger partial charge is 0.474 e. The summed E-state index contributed by atoms with van der Waals surface area (Å²) in [5, 5.41) is 0. The number of nitrogens with two attached hydrogens (primary N) is 1. The molecule has 1 aromatic rings. The second-order valence-electron chi connectivity index (χ2n) is 4.22. The highest BCUT2D eigenvalue weighted by Crippen LogP contribution is 2.23. The highest BCUT2D eigenvalue weighted by atomic mass is 16.5. The summed E-state index contributed by atoms with van der Waals surface area (Å²) in [4.78, 5) is 4.21. The summed E-state index contributed by atoms with van der Waals surface area (Å²) in [6.45, 7) is 2.17. The molecule has 0 radical (unpaired) electrons. The van der Waals surface area contributed by atoms with Crippen molar-refractivity contribution in [2.75, 3.05) is 0 Å². The van der Waals surface area contributed by atoms with Gasteiger partial charge in [-0.15, -0.1) is 0 Å². The summed E-state index contributed by atoms with van der Waals surface area (Å²) in [7, 11) is 0. The van der Waals surface area contributed by atoms with Gasteiger partial charge in [0.1, 0.15) is 6.10 Å². The molecule has 3 heteroatoms. The Labute approximate surface area is 90.7 Å². The van der Waals surface area contributed by atoms with Crippen LogP contribution in [0.5, 0.6) is 5.88 Å². The fraction of sp³-hybridized carbons (Fsp3) is 0.583. The molecule has 0 atom stereocenters. The first kappa shape index (κ1) is 10.4. The van der Waals surface area contributed by atoms with Crippen molar-refractivity contribution in [3.63, 3.8) is 0 Å². The van der Waals surface area contributed by atoms with Gasteiger partial charge in [0.2, 0.25) is 5.88 Å².